The van der Waals surface area contributed by atoms with Crippen LogP contribution in [-0.2, 0) is 6.54 Å². The molecule has 1 aliphatic heterocycles. The van der Waals surface area contributed by atoms with Gasteiger partial charge in [0, 0.05) is 39.3 Å². The second kappa shape index (κ2) is 7.37. The van der Waals surface area contributed by atoms with E-state index in [1.807, 2.05) is 6.07 Å². The van der Waals surface area contributed by atoms with Crippen molar-refractivity contribution >= 4 is 11.8 Å². The first-order valence-electron chi connectivity index (χ1n) is 8.18. The highest BCUT2D eigenvalue weighted by atomic mass is 15.4. The zero-order valence-corrected chi connectivity index (χ0v) is 13.9. The lowest BCUT2D eigenvalue weighted by molar-refractivity contribution is 0.311. The lowest BCUT2D eigenvalue weighted by atomic mass is 10.2. The Kier molecular flexibility index (Phi) is 5.02. The lowest BCUT2D eigenvalue weighted by Gasteiger charge is -2.32. The molecule has 122 valence electrons. The van der Waals surface area contributed by atoms with Crippen LogP contribution in [0.5, 0.6) is 0 Å². The van der Waals surface area contributed by atoms with Crippen molar-refractivity contribution in [1.29, 1.82) is 0 Å². The fourth-order valence-electron chi connectivity index (χ4n) is 2.74. The summed E-state index contributed by atoms with van der Waals surface area (Å²) in [6.45, 7) is 7.83. The van der Waals surface area contributed by atoms with Crippen LogP contribution in [0.4, 0.5) is 11.8 Å². The number of hydrogen-bond donors (Lipinski definition) is 0. The molecule has 0 atom stereocenters. The number of rotatable bonds is 5. The van der Waals surface area contributed by atoms with Crippen LogP contribution in [0, 0.1) is 0 Å². The third-order valence-electron chi connectivity index (χ3n) is 4.24. The molecular formula is C17H24N6. The maximum absolute atomic E-state index is 4.75. The Labute approximate surface area is 137 Å². The summed E-state index contributed by atoms with van der Waals surface area (Å²) in [6.07, 6.45) is 1.76. The first-order valence-corrected chi connectivity index (χ1v) is 8.18. The van der Waals surface area contributed by atoms with Gasteiger partial charge in [0.2, 0.25) is 5.95 Å². The van der Waals surface area contributed by atoms with Crippen LogP contribution >= 0.6 is 0 Å². The molecule has 1 saturated heterocycles. The maximum atomic E-state index is 4.75. The molecule has 0 spiro atoms. The number of aromatic nitrogens is 3. The van der Waals surface area contributed by atoms with Gasteiger partial charge in [-0.3, -0.25) is 0 Å². The molecule has 6 heteroatoms. The van der Waals surface area contributed by atoms with Gasteiger partial charge in [-0.05, 0) is 19.5 Å². The number of piperazine rings is 1. The van der Waals surface area contributed by atoms with Gasteiger partial charge in [-0.2, -0.15) is 10.1 Å². The number of benzene rings is 1. The highest BCUT2D eigenvalue weighted by Crippen LogP contribution is 2.17. The molecule has 0 saturated carbocycles. The first-order chi connectivity index (χ1) is 11.3. The van der Waals surface area contributed by atoms with Crippen molar-refractivity contribution in [2.24, 2.45) is 0 Å². The largest absolute Gasteiger partial charge is 0.351 e. The second-order valence-electron chi connectivity index (χ2n) is 5.90. The number of anilines is 2. The SMILES string of the molecule is CCN(Cc1ccccc1)c1cnnc(N2CCN(C)CC2)n1. The summed E-state index contributed by atoms with van der Waals surface area (Å²) < 4.78 is 0. The summed E-state index contributed by atoms with van der Waals surface area (Å²) in [4.78, 5) is 11.5. The number of nitrogens with zero attached hydrogens (tertiary/aromatic N) is 6. The van der Waals surface area contributed by atoms with Gasteiger partial charge >= 0.3 is 0 Å². The van der Waals surface area contributed by atoms with Crippen LogP contribution in [0.25, 0.3) is 0 Å². The van der Waals surface area contributed by atoms with E-state index in [4.69, 9.17) is 4.98 Å². The second-order valence-corrected chi connectivity index (χ2v) is 5.90. The lowest BCUT2D eigenvalue weighted by Crippen LogP contribution is -2.45. The molecular weight excluding hydrogens is 288 g/mol. The molecule has 0 aliphatic carbocycles. The van der Waals surface area contributed by atoms with E-state index in [0.717, 1.165) is 51.0 Å². The van der Waals surface area contributed by atoms with E-state index in [-0.39, 0.29) is 0 Å². The van der Waals surface area contributed by atoms with Gasteiger partial charge in [0.25, 0.3) is 0 Å². The number of hydrogen-bond acceptors (Lipinski definition) is 6. The molecule has 1 aliphatic rings. The van der Waals surface area contributed by atoms with E-state index in [1.54, 1.807) is 6.20 Å². The van der Waals surface area contributed by atoms with Crippen LogP contribution in [0.1, 0.15) is 12.5 Å². The fraction of sp³-hybridized carbons (Fsp3) is 0.471. The molecule has 23 heavy (non-hydrogen) atoms. The topological polar surface area (TPSA) is 48.4 Å². The minimum absolute atomic E-state index is 0.738. The van der Waals surface area contributed by atoms with E-state index in [1.165, 1.54) is 5.56 Å². The van der Waals surface area contributed by atoms with Crippen LogP contribution in [0.15, 0.2) is 36.5 Å². The van der Waals surface area contributed by atoms with Gasteiger partial charge in [0.05, 0.1) is 6.20 Å². The van der Waals surface area contributed by atoms with Gasteiger partial charge < -0.3 is 14.7 Å². The molecule has 0 N–H and O–H groups in total. The zero-order valence-electron chi connectivity index (χ0n) is 13.9. The Morgan fingerprint density at radius 1 is 1.09 bits per heavy atom. The monoisotopic (exact) mass is 312 g/mol. The summed E-state index contributed by atoms with van der Waals surface area (Å²) in [5.74, 6) is 1.63. The van der Waals surface area contributed by atoms with E-state index in [2.05, 4.69) is 63.1 Å². The van der Waals surface area contributed by atoms with Crippen molar-refractivity contribution in [3.05, 3.63) is 42.1 Å². The summed E-state index contributed by atoms with van der Waals surface area (Å²) >= 11 is 0. The summed E-state index contributed by atoms with van der Waals surface area (Å²) in [6, 6.07) is 10.4. The van der Waals surface area contributed by atoms with Crippen molar-refractivity contribution in [2.45, 2.75) is 13.5 Å². The van der Waals surface area contributed by atoms with E-state index in [9.17, 15) is 0 Å². The molecule has 0 bridgehead atoms. The highest BCUT2D eigenvalue weighted by Gasteiger charge is 2.18. The molecule has 2 aromatic rings. The first kappa shape index (κ1) is 15.7. The van der Waals surface area contributed by atoms with Gasteiger partial charge in [-0.15, -0.1) is 5.10 Å². The van der Waals surface area contributed by atoms with Crippen LogP contribution in [-0.4, -0.2) is 59.9 Å². The third kappa shape index (κ3) is 3.96. The Balaban J connectivity index is 1.74. The normalized spacial score (nSPS) is 15.7. The molecule has 1 aromatic heterocycles. The van der Waals surface area contributed by atoms with Crippen molar-refractivity contribution in [3.63, 3.8) is 0 Å². The maximum Gasteiger partial charge on any atom is 0.247 e. The van der Waals surface area contributed by atoms with E-state index < -0.39 is 0 Å². The average Bonchev–Trinajstić information content (AvgIpc) is 2.61. The molecule has 6 nitrogen and oxygen atoms in total. The van der Waals surface area contributed by atoms with Crippen molar-refractivity contribution in [3.8, 4) is 0 Å². The number of likely N-dealkylation sites (N-methyl/N-ethyl adjacent to an activating group) is 1. The van der Waals surface area contributed by atoms with E-state index in [0.29, 0.717) is 0 Å². The standard InChI is InChI=1S/C17H24N6/c1-3-22(14-15-7-5-4-6-8-15)16-13-18-20-17(19-16)23-11-9-21(2)10-12-23/h4-8,13H,3,9-12,14H2,1-2H3. The van der Waals surface area contributed by atoms with Gasteiger partial charge in [-0.25, -0.2) is 0 Å². The smallest absolute Gasteiger partial charge is 0.247 e. The summed E-state index contributed by atoms with van der Waals surface area (Å²) in [5, 5.41) is 8.41. The molecule has 0 unspecified atom stereocenters. The van der Waals surface area contributed by atoms with Gasteiger partial charge in [0.15, 0.2) is 5.82 Å². The molecule has 1 fully saturated rings. The van der Waals surface area contributed by atoms with Crippen molar-refractivity contribution in [1.82, 2.24) is 20.1 Å². The molecule has 1 aromatic carbocycles. The highest BCUT2D eigenvalue weighted by molar-refractivity contribution is 5.42. The Morgan fingerprint density at radius 3 is 2.52 bits per heavy atom. The molecule has 2 heterocycles. The molecule has 0 amide bonds. The summed E-state index contributed by atoms with van der Waals surface area (Å²) in [5.41, 5.74) is 1.27. The average molecular weight is 312 g/mol. The van der Waals surface area contributed by atoms with Crippen LogP contribution in [0.2, 0.25) is 0 Å². The minimum atomic E-state index is 0.738. The Bertz CT molecular complexity index is 609. The zero-order chi connectivity index (χ0) is 16.1. The van der Waals surface area contributed by atoms with Crippen LogP contribution in [0.3, 0.4) is 0 Å². The predicted octanol–water partition coefficient (Wildman–Crippen LogP) is 1.65. The van der Waals surface area contributed by atoms with Gasteiger partial charge in [0.1, 0.15) is 0 Å². The predicted molar refractivity (Wildman–Crippen MR) is 92.7 cm³/mol. The summed E-state index contributed by atoms with van der Waals surface area (Å²) in [7, 11) is 2.14. The fourth-order valence-corrected chi connectivity index (χ4v) is 2.74. The van der Waals surface area contributed by atoms with E-state index >= 15 is 0 Å². The minimum Gasteiger partial charge on any atom is -0.351 e. The molecule has 0 radical (unpaired) electrons. The van der Waals surface area contributed by atoms with Gasteiger partial charge in [-0.1, -0.05) is 30.3 Å². The van der Waals surface area contributed by atoms with Crippen molar-refractivity contribution in [2.75, 3.05) is 49.6 Å². The molecule has 3 rings (SSSR count). The Morgan fingerprint density at radius 2 is 1.83 bits per heavy atom. The van der Waals surface area contributed by atoms with Crippen LogP contribution < -0.4 is 9.80 Å². The quantitative estimate of drug-likeness (QED) is 0.837. The Hall–Kier alpha value is -2.21. The van der Waals surface area contributed by atoms with Crippen molar-refractivity contribution < 1.29 is 0 Å². The third-order valence-corrected chi connectivity index (χ3v) is 4.24.